The van der Waals surface area contributed by atoms with E-state index in [1.54, 1.807) is 6.08 Å². The number of esters is 1. The monoisotopic (exact) mass is 204 g/mol. The van der Waals surface area contributed by atoms with Gasteiger partial charge in [0.2, 0.25) is 0 Å². The summed E-state index contributed by atoms with van der Waals surface area (Å²) in [5.41, 5.74) is 0.838. The van der Waals surface area contributed by atoms with Crippen LogP contribution >= 0.6 is 0 Å². The van der Waals surface area contributed by atoms with E-state index in [0.29, 0.717) is 0 Å². The predicted octanol–water partition coefficient (Wildman–Crippen LogP) is 1.45. The summed E-state index contributed by atoms with van der Waals surface area (Å²) in [6, 6.07) is 9.35. The van der Waals surface area contributed by atoms with Crippen molar-refractivity contribution in [3.63, 3.8) is 0 Å². The number of rotatable bonds is 2. The average molecular weight is 204 g/mol. The molecule has 0 bridgehead atoms. The van der Waals surface area contributed by atoms with E-state index in [0.717, 1.165) is 5.56 Å². The first-order valence-electron chi connectivity index (χ1n) is 4.85. The van der Waals surface area contributed by atoms with Gasteiger partial charge < -0.3 is 9.84 Å². The number of aliphatic hydroxyl groups is 1. The van der Waals surface area contributed by atoms with Crippen LogP contribution in [0.2, 0.25) is 0 Å². The molecule has 0 spiro atoms. The maximum atomic E-state index is 10.8. The minimum atomic E-state index is -0.615. The van der Waals surface area contributed by atoms with Crippen LogP contribution in [0.5, 0.6) is 0 Å². The highest BCUT2D eigenvalue weighted by Gasteiger charge is 2.22. The van der Waals surface area contributed by atoms with Gasteiger partial charge in [-0.1, -0.05) is 36.4 Å². The number of carbonyl (C=O) groups excluding carboxylic acids is 1. The lowest BCUT2D eigenvalue weighted by atomic mass is 9.95. The molecular formula is C12H12O3. The van der Waals surface area contributed by atoms with Crippen LogP contribution in [0.1, 0.15) is 11.7 Å². The van der Waals surface area contributed by atoms with Gasteiger partial charge in [0.25, 0.3) is 0 Å². The Bertz CT molecular complexity index is 370. The van der Waals surface area contributed by atoms with Gasteiger partial charge in [-0.3, -0.25) is 0 Å². The van der Waals surface area contributed by atoms with Crippen LogP contribution in [0.3, 0.4) is 0 Å². The maximum absolute atomic E-state index is 10.8. The molecule has 0 aliphatic carbocycles. The summed E-state index contributed by atoms with van der Waals surface area (Å²) in [6.07, 6.45) is 2.44. The van der Waals surface area contributed by atoms with Crippen molar-refractivity contribution in [3.8, 4) is 0 Å². The first-order valence-corrected chi connectivity index (χ1v) is 4.85. The van der Waals surface area contributed by atoms with Crippen molar-refractivity contribution in [2.24, 2.45) is 5.92 Å². The molecule has 78 valence electrons. The Morgan fingerprint density at radius 3 is 2.67 bits per heavy atom. The van der Waals surface area contributed by atoms with Crippen LogP contribution in [0.4, 0.5) is 0 Å². The molecule has 0 fully saturated rings. The molecule has 1 aromatic carbocycles. The standard InChI is InChI=1S/C12H12O3/c13-11-7-6-10(8-15-11)12(14)9-4-2-1-3-5-9/h1-7,10,12,14H,8H2. The summed E-state index contributed by atoms with van der Waals surface area (Å²) in [5, 5.41) is 9.99. The number of aliphatic hydroxyl groups excluding tert-OH is 1. The molecule has 0 saturated carbocycles. The molecule has 2 atom stereocenters. The van der Waals surface area contributed by atoms with Gasteiger partial charge in [0.15, 0.2) is 0 Å². The molecule has 15 heavy (non-hydrogen) atoms. The lowest BCUT2D eigenvalue weighted by Gasteiger charge is -2.22. The number of hydrogen-bond acceptors (Lipinski definition) is 3. The zero-order chi connectivity index (χ0) is 10.7. The van der Waals surface area contributed by atoms with Crippen LogP contribution < -0.4 is 0 Å². The highest BCUT2D eigenvalue weighted by Crippen LogP contribution is 2.25. The normalized spacial score (nSPS) is 22.2. The van der Waals surface area contributed by atoms with Gasteiger partial charge in [0.1, 0.15) is 6.61 Å². The van der Waals surface area contributed by atoms with Crippen LogP contribution in [-0.4, -0.2) is 17.7 Å². The molecule has 2 unspecified atom stereocenters. The Labute approximate surface area is 88.0 Å². The topological polar surface area (TPSA) is 46.5 Å². The fourth-order valence-electron chi connectivity index (χ4n) is 1.58. The third-order valence-corrected chi connectivity index (χ3v) is 2.44. The predicted molar refractivity (Wildman–Crippen MR) is 55.0 cm³/mol. The molecule has 3 heteroatoms. The molecule has 0 aromatic heterocycles. The first kappa shape index (κ1) is 9.93. The zero-order valence-corrected chi connectivity index (χ0v) is 8.17. The highest BCUT2D eigenvalue weighted by molar-refractivity contribution is 5.82. The molecule has 1 N–H and O–H groups in total. The summed E-state index contributed by atoms with van der Waals surface area (Å²) >= 11 is 0. The molecule has 0 radical (unpaired) electrons. The molecule has 3 nitrogen and oxygen atoms in total. The summed E-state index contributed by atoms with van der Waals surface area (Å²) < 4.78 is 4.85. The summed E-state index contributed by atoms with van der Waals surface area (Å²) in [4.78, 5) is 10.8. The van der Waals surface area contributed by atoms with Gasteiger partial charge in [0.05, 0.1) is 6.10 Å². The second-order valence-electron chi connectivity index (χ2n) is 3.51. The minimum absolute atomic E-state index is 0.148. The van der Waals surface area contributed by atoms with Crippen molar-refractivity contribution in [2.75, 3.05) is 6.61 Å². The van der Waals surface area contributed by atoms with Gasteiger partial charge in [-0.2, -0.15) is 0 Å². The van der Waals surface area contributed by atoms with E-state index in [1.165, 1.54) is 6.08 Å². The van der Waals surface area contributed by atoms with Crippen molar-refractivity contribution in [2.45, 2.75) is 6.10 Å². The third-order valence-electron chi connectivity index (χ3n) is 2.44. The highest BCUT2D eigenvalue weighted by atomic mass is 16.5. The van der Waals surface area contributed by atoms with Crippen molar-refractivity contribution in [1.29, 1.82) is 0 Å². The van der Waals surface area contributed by atoms with Crippen molar-refractivity contribution in [1.82, 2.24) is 0 Å². The van der Waals surface area contributed by atoms with Gasteiger partial charge in [-0.15, -0.1) is 0 Å². The summed E-state index contributed by atoms with van der Waals surface area (Å²) in [7, 11) is 0. The fourth-order valence-corrected chi connectivity index (χ4v) is 1.58. The Morgan fingerprint density at radius 2 is 2.07 bits per heavy atom. The van der Waals surface area contributed by atoms with E-state index in [2.05, 4.69) is 0 Å². The number of hydrogen-bond donors (Lipinski definition) is 1. The average Bonchev–Trinajstić information content (AvgIpc) is 2.30. The first-order chi connectivity index (χ1) is 7.27. The lowest BCUT2D eigenvalue weighted by Crippen LogP contribution is -2.22. The Kier molecular flexibility index (Phi) is 2.83. The van der Waals surface area contributed by atoms with Gasteiger partial charge in [-0.05, 0) is 5.56 Å². The summed E-state index contributed by atoms with van der Waals surface area (Å²) in [6.45, 7) is 0.241. The van der Waals surface area contributed by atoms with Gasteiger partial charge in [0, 0.05) is 12.0 Å². The van der Waals surface area contributed by atoms with Gasteiger partial charge >= 0.3 is 5.97 Å². The van der Waals surface area contributed by atoms with E-state index in [9.17, 15) is 9.90 Å². The van der Waals surface area contributed by atoms with E-state index in [1.807, 2.05) is 30.3 Å². The van der Waals surface area contributed by atoms with Crippen LogP contribution in [0.15, 0.2) is 42.5 Å². The van der Waals surface area contributed by atoms with E-state index in [-0.39, 0.29) is 18.5 Å². The number of carbonyl (C=O) groups is 1. The molecule has 1 aliphatic heterocycles. The maximum Gasteiger partial charge on any atom is 0.330 e. The van der Waals surface area contributed by atoms with Crippen molar-refractivity contribution in [3.05, 3.63) is 48.0 Å². The zero-order valence-electron chi connectivity index (χ0n) is 8.17. The van der Waals surface area contributed by atoms with E-state index < -0.39 is 6.10 Å². The van der Waals surface area contributed by atoms with Crippen molar-refractivity contribution >= 4 is 5.97 Å². The second-order valence-corrected chi connectivity index (χ2v) is 3.51. The number of cyclic esters (lactones) is 1. The SMILES string of the molecule is O=C1C=CC(C(O)c2ccccc2)CO1. The summed E-state index contributed by atoms with van der Waals surface area (Å²) in [5.74, 6) is -0.489. The lowest BCUT2D eigenvalue weighted by molar-refractivity contribution is -0.141. The van der Waals surface area contributed by atoms with Crippen molar-refractivity contribution < 1.29 is 14.6 Å². The molecule has 1 aromatic rings. The third kappa shape index (κ3) is 2.25. The van der Waals surface area contributed by atoms with Gasteiger partial charge in [-0.25, -0.2) is 4.79 Å². The Hall–Kier alpha value is -1.61. The minimum Gasteiger partial charge on any atom is -0.462 e. The molecule has 0 amide bonds. The largest absolute Gasteiger partial charge is 0.462 e. The quantitative estimate of drug-likeness (QED) is 0.741. The molecular weight excluding hydrogens is 192 g/mol. The molecule has 2 rings (SSSR count). The molecule has 1 aliphatic rings. The molecule has 1 heterocycles. The van der Waals surface area contributed by atoms with Crippen LogP contribution in [0, 0.1) is 5.92 Å². The second kappa shape index (κ2) is 4.28. The van der Waals surface area contributed by atoms with E-state index >= 15 is 0 Å². The smallest absolute Gasteiger partial charge is 0.330 e. The van der Waals surface area contributed by atoms with Crippen LogP contribution in [0.25, 0.3) is 0 Å². The van der Waals surface area contributed by atoms with Crippen LogP contribution in [-0.2, 0) is 9.53 Å². The molecule has 0 saturated heterocycles. The Balaban J connectivity index is 2.12. The fraction of sp³-hybridized carbons (Fsp3) is 0.250. The number of benzene rings is 1. The van der Waals surface area contributed by atoms with E-state index in [4.69, 9.17) is 4.74 Å². The number of ether oxygens (including phenoxy) is 1. The Morgan fingerprint density at radius 1 is 1.33 bits per heavy atom.